The quantitative estimate of drug-likeness (QED) is 0.676. The van der Waals surface area contributed by atoms with Gasteiger partial charge >= 0.3 is 5.97 Å². The van der Waals surface area contributed by atoms with Gasteiger partial charge in [-0.1, -0.05) is 18.2 Å². The summed E-state index contributed by atoms with van der Waals surface area (Å²) in [7, 11) is 0. The third kappa shape index (κ3) is 1.35. The van der Waals surface area contributed by atoms with Crippen LogP contribution in [0.5, 0.6) is 0 Å². The molecule has 1 aromatic carbocycles. The molecular formula is C10H9NO3. The molecule has 4 nitrogen and oxygen atoms in total. The van der Waals surface area contributed by atoms with Crippen molar-refractivity contribution >= 4 is 11.9 Å². The van der Waals surface area contributed by atoms with Gasteiger partial charge in [0.15, 0.2) is 0 Å². The summed E-state index contributed by atoms with van der Waals surface area (Å²) in [6, 6.07) is 6.25. The lowest BCUT2D eigenvalue weighted by Crippen LogP contribution is -2.46. The molecule has 1 unspecified atom stereocenters. The second-order valence-corrected chi connectivity index (χ2v) is 3.23. The van der Waals surface area contributed by atoms with E-state index in [4.69, 9.17) is 5.11 Å². The Morgan fingerprint density at radius 1 is 1.43 bits per heavy atom. The summed E-state index contributed by atoms with van der Waals surface area (Å²) in [4.78, 5) is 22.1. The fourth-order valence-electron chi connectivity index (χ4n) is 1.58. The Hall–Kier alpha value is -1.84. The van der Waals surface area contributed by atoms with Crippen LogP contribution < -0.4 is 5.32 Å². The minimum absolute atomic E-state index is 0.306. The summed E-state index contributed by atoms with van der Waals surface area (Å²) < 4.78 is 0. The van der Waals surface area contributed by atoms with Crippen LogP contribution in [0.4, 0.5) is 0 Å². The van der Waals surface area contributed by atoms with Crippen LogP contribution in [-0.4, -0.2) is 23.0 Å². The molecule has 0 fully saturated rings. The van der Waals surface area contributed by atoms with Crippen LogP contribution in [-0.2, 0) is 11.2 Å². The van der Waals surface area contributed by atoms with Crippen molar-refractivity contribution in [3.8, 4) is 0 Å². The Morgan fingerprint density at radius 2 is 2.14 bits per heavy atom. The highest BCUT2D eigenvalue weighted by atomic mass is 16.4. The molecule has 2 rings (SSSR count). The Morgan fingerprint density at radius 3 is 2.86 bits per heavy atom. The molecule has 0 aromatic heterocycles. The number of carboxylic acids is 1. The molecule has 0 radical (unpaired) electrons. The fraction of sp³-hybridized carbons (Fsp3) is 0.200. The third-order valence-electron chi connectivity index (χ3n) is 2.29. The molecule has 1 amide bonds. The maximum Gasteiger partial charge on any atom is 0.326 e. The predicted molar refractivity (Wildman–Crippen MR) is 49.0 cm³/mol. The Labute approximate surface area is 80.6 Å². The van der Waals surface area contributed by atoms with E-state index in [0.29, 0.717) is 12.0 Å². The van der Waals surface area contributed by atoms with Crippen molar-refractivity contribution in [3.05, 3.63) is 35.4 Å². The number of hydrogen-bond donors (Lipinski definition) is 2. The third-order valence-corrected chi connectivity index (χ3v) is 2.29. The summed E-state index contributed by atoms with van der Waals surface area (Å²) in [5.41, 5.74) is 1.37. The van der Waals surface area contributed by atoms with Crippen molar-refractivity contribution in [2.24, 2.45) is 0 Å². The minimum atomic E-state index is -0.993. The Balaban J connectivity index is 2.38. The van der Waals surface area contributed by atoms with E-state index in [1.54, 1.807) is 24.3 Å². The van der Waals surface area contributed by atoms with Crippen LogP contribution in [0, 0.1) is 0 Å². The van der Waals surface area contributed by atoms with Gasteiger partial charge in [0, 0.05) is 12.0 Å². The highest BCUT2D eigenvalue weighted by Crippen LogP contribution is 2.16. The van der Waals surface area contributed by atoms with Crippen molar-refractivity contribution in [2.45, 2.75) is 12.5 Å². The van der Waals surface area contributed by atoms with Gasteiger partial charge in [0.05, 0.1) is 0 Å². The number of benzene rings is 1. The van der Waals surface area contributed by atoms with Gasteiger partial charge in [-0.25, -0.2) is 4.79 Å². The molecule has 0 spiro atoms. The summed E-state index contributed by atoms with van der Waals surface area (Å²) in [6.45, 7) is 0. The first-order chi connectivity index (χ1) is 6.68. The van der Waals surface area contributed by atoms with Crippen molar-refractivity contribution in [1.29, 1.82) is 0 Å². The lowest BCUT2D eigenvalue weighted by Gasteiger charge is -2.22. The molecule has 72 valence electrons. The number of carbonyl (C=O) groups excluding carboxylic acids is 1. The molecule has 4 heteroatoms. The SMILES string of the molecule is O=C1NC(C(=O)O)Cc2ccccc21. The second kappa shape index (κ2) is 3.14. The molecule has 1 aliphatic rings. The summed E-state index contributed by atoms with van der Waals surface area (Å²) >= 11 is 0. The normalized spacial score (nSPS) is 19.7. The first kappa shape index (κ1) is 8.74. The van der Waals surface area contributed by atoms with Gasteiger partial charge < -0.3 is 10.4 Å². The van der Waals surface area contributed by atoms with E-state index >= 15 is 0 Å². The zero-order valence-electron chi connectivity index (χ0n) is 7.36. The minimum Gasteiger partial charge on any atom is -0.480 e. The number of rotatable bonds is 1. The molecular weight excluding hydrogens is 182 g/mol. The molecule has 0 bridgehead atoms. The summed E-state index contributed by atoms with van der Waals surface area (Å²) in [5, 5.41) is 11.2. The Bertz CT molecular complexity index is 400. The topological polar surface area (TPSA) is 66.4 Å². The number of aliphatic carboxylic acids is 1. The van der Waals surface area contributed by atoms with Crippen molar-refractivity contribution in [1.82, 2.24) is 5.32 Å². The van der Waals surface area contributed by atoms with Crippen molar-refractivity contribution < 1.29 is 14.7 Å². The molecule has 1 atom stereocenters. The van der Waals surface area contributed by atoms with Gasteiger partial charge in [-0.2, -0.15) is 0 Å². The molecule has 14 heavy (non-hydrogen) atoms. The molecule has 2 N–H and O–H groups in total. The van der Waals surface area contributed by atoms with E-state index in [1.807, 2.05) is 0 Å². The van der Waals surface area contributed by atoms with Crippen LogP contribution in [0.1, 0.15) is 15.9 Å². The highest BCUT2D eigenvalue weighted by molar-refractivity contribution is 5.99. The first-order valence-corrected chi connectivity index (χ1v) is 4.30. The average molecular weight is 191 g/mol. The first-order valence-electron chi connectivity index (χ1n) is 4.30. The lowest BCUT2D eigenvalue weighted by atomic mass is 9.95. The van der Waals surface area contributed by atoms with E-state index in [1.165, 1.54) is 0 Å². The molecule has 1 heterocycles. The van der Waals surface area contributed by atoms with Crippen LogP contribution >= 0.6 is 0 Å². The van der Waals surface area contributed by atoms with Gasteiger partial charge in [-0.05, 0) is 11.6 Å². The zero-order valence-corrected chi connectivity index (χ0v) is 7.36. The van der Waals surface area contributed by atoms with E-state index in [0.717, 1.165) is 5.56 Å². The van der Waals surface area contributed by atoms with Crippen LogP contribution in [0.3, 0.4) is 0 Å². The number of amides is 1. The molecule has 1 aliphatic heterocycles. The highest BCUT2D eigenvalue weighted by Gasteiger charge is 2.27. The predicted octanol–water partition coefficient (Wildman–Crippen LogP) is 0.426. The molecule has 0 saturated carbocycles. The van der Waals surface area contributed by atoms with Crippen LogP contribution in [0.2, 0.25) is 0 Å². The smallest absolute Gasteiger partial charge is 0.326 e. The largest absolute Gasteiger partial charge is 0.480 e. The number of carbonyl (C=O) groups is 2. The zero-order chi connectivity index (χ0) is 10.1. The van der Waals surface area contributed by atoms with Gasteiger partial charge in [0.1, 0.15) is 6.04 Å². The monoisotopic (exact) mass is 191 g/mol. The maximum absolute atomic E-state index is 11.4. The summed E-state index contributed by atoms with van der Waals surface area (Å²) in [5.74, 6) is -1.30. The molecule has 1 aromatic rings. The van der Waals surface area contributed by atoms with Gasteiger partial charge in [0.25, 0.3) is 5.91 Å². The summed E-state index contributed by atoms with van der Waals surface area (Å²) in [6.07, 6.45) is 0.358. The van der Waals surface area contributed by atoms with Gasteiger partial charge in [-0.15, -0.1) is 0 Å². The molecule has 0 aliphatic carbocycles. The van der Waals surface area contributed by atoms with Crippen LogP contribution in [0.15, 0.2) is 24.3 Å². The van der Waals surface area contributed by atoms with E-state index < -0.39 is 12.0 Å². The van der Waals surface area contributed by atoms with E-state index in [-0.39, 0.29) is 5.91 Å². The van der Waals surface area contributed by atoms with Crippen molar-refractivity contribution in [3.63, 3.8) is 0 Å². The Kier molecular flexibility index (Phi) is 1.96. The number of carboxylic acid groups (broad SMARTS) is 1. The number of hydrogen-bond acceptors (Lipinski definition) is 2. The molecule has 0 saturated heterocycles. The van der Waals surface area contributed by atoms with Crippen LogP contribution in [0.25, 0.3) is 0 Å². The maximum atomic E-state index is 11.4. The second-order valence-electron chi connectivity index (χ2n) is 3.23. The van der Waals surface area contributed by atoms with Gasteiger partial charge in [-0.3, -0.25) is 4.79 Å². The van der Waals surface area contributed by atoms with Gasteiger partial charge in [0.2, 0.25) is 0 Å². The van der Waals surface area contributed by atoms with E-state index in [9.17, 15) is 9.59 Å². The van der Waals surface area contributed by atoms with Crippen molar-refractivity contribution in [2.75, 3.05) is 0 Å². The van der Waals surface area contributed by atoms with E-state index in [2.05, 4.69) is 5.32 Å². The number of fused-ring (bicyclic) bond motifs is 1. The number of nitrogens with one attached hydrogen (secondary N) is 1. The average Bonchev–Trinajstić information content (AvgIpc) is 2.17. The standard InChI is InChI=1S/C10H9NO3/c12-9-7-4-2-1-3-6(7)5-8(11-9)10(13)14/h1-4,8H,5H2,(H,11,12)(H,13,14). The fourth-order valence-corrected chi connectivity index (χ4v) is 1.58. The lowest BCUT2D eigenvalue weighted by molar-refractivity contribution is -0.139.